The lowest BCUT2D eigenvalue weighted by Crippen LogP contribution is -2.53. The Kier molecular flexibility index (Phi) is 4.06. The summed E-state index contributed by atoms with van der Waals surface area (Å²) in [5.74, 6) is -1.20. The molecule has 1 fully saturated rings. The third-order valence-electron chi connectivity index (χ3n) is 3.90. The van der Waals surface area contributed by atoms with E-state index in [4.69, 9.17) is 4.74 Å². The summed E-state index contributed by atoms with van der Waals surface area (Å²) in [6.45, 7) is 0.759. The Labute approximate surface area is 128 Å². The highest BCUT2D eigenvalue weighted by Crippen LogP contribution is 2.17. The number of ether oxygens (including phenoxy) is 1. The van der Waals surface area contributed by atoms with Gasteiger partial charge in [-0.3, -0.25) is 4.79 Å². The molecule has 2 aromatic rings. The van der Waals surface area contributed by atoms with Crippen LogP contribution in [0.4, 0.5) is 0 Å². The molecule has 0 spiro atoms. The molecule has 0 saturated carbocycles. The van der Waals surface area contributed by atoms with E-state index in [1.54, 1.807) is 0 Å². The third kappa shape index (κ3) is 2.94. The number of carboxylic acids is 1. The van der Waals surface area contributed by atoms with Crippen LogP contribution in [0, 0.1) is 0 Å². The lowest BCUT2D eigenvalue weighted by atomic mass is 10.0. The molecule has 5 heteroatoms. The minimum atomic E-state index is -1.02. The number of aliphatic carboxylic acids is 1. The van der Waals surface area contributed by atoms with Gasteiger partial charge in [0.15, 0.2) is 6.04 Å². The summed E-state index contributed by atoms with van der Waals surface area (Å²) >= 11 is 0. The van der Waals surface area contributed by atoms with Crippen LogP contribution in [0.25, 0.3) is 10.8 Å². The van der Waals surface area contributed by atoms with E-state index in [-0.39, 0.29) is 18.9 Å². The van der Waals surface area contributed by atoms with Gasteiger partial charge in [0.05, 0.1) is 19.6 Å². The molecular formula is C17H17NO4. The van der Waals surface area contributed by atoms with Crippen LogP contribution in [-0.2, 0) is 20.7 Å². The number of morpholine rings is 1. The highest BCUT2D eigenvalue weighted by atomic mass is 16.5. The average Bonchev–Trinajstić information content (AvgIpc) is 2.54. The highest BCUT2D eigenvalue weighted by molar-refractivity contribution is 5.87. The second kappa shape index (κ2) is 6.15. The molecule has 1 heterocycles. The van der Waals surface area contributed by atoms with Gasteiger partial charge in [0, 0.05) is 6.54 Å². The Morgan fingerprint density at radius 3 is 2.73 bits per heavy atom. The zero-order chi connectivity index (χ0) is 15.5. The van der Waals surface area contributed by atoms with Crippen LogP contribution in [0.2, 0.25) is 0 Å². The smallest absolute Gasteiger partial charge is 0.328 e. The maximum atomic E-state index is 12.4. The van der Waals surface area contributed by atoms with E-state index >= 15 is 0 Å². The first kappa shape index (κ1) is 14.5. The normalized spacial score (nSPS) is 18.4. The van der Waals surface area contributed by atoms with E-state index in [1.165, 1.54) is 4.90 Å². The molecule has 5 nitrogen and oxygen atoms in total. The fourth-order valence-electron chi connectivity index (χ4n) is 2.73. The second-order valence-electron chi connectivity index (χ2n) is 5.37. The molecule has 0 aromatic heterocycles. The summed E-state index contributed by atoms with van der Waals surface area (Å²) in [4.78, 5) is 25.1. The summed E-state index contributed by atoms with van der Waals surface area (Å²) in [6, 6.07) is 12.9. The topological polar surface area (TPSA) is 66.8 Å². The molecule has 114 valence electrons. The van der Waals surface area contributed by atoms with Crippen LogP contribution in [-0.4, -0.2) is 47.7 Å². The lowest BCUT2D eigenvalue weighted by molar-refractivity contribution is -0.158. The Hall–Kier alpha value is -2.40. The molecule has 1 aliphatic rings. The predicted molar refractivity (Wildman–Crippen MR) is 81.6 cm³/mol. The van der Waals surface area contributed by atoms with Crippen molar-refractivity contribution < 1.29 is 19.4 Å². The van der Waals surface area contributed by atoms with Gasteiger partial charge < -0.3 is 14.7 Å². The highest BCUT2D eigenvalue weighted by Gasteiger charge is 2.32. The number of carboxylic acid groups (broad SMARTS) is 1. The summed E-state index contributed by atoms with van der Waals surface area (Å²) in [6.07, 6.45) is 0.203. The first-order valence-corrected chi connectivity index (χ1v) is 7.23. The lowest BCUT2D eigenvalue weighted by Gasteiger charge is -2.33. The quantitative estimate of drug-likeness (QED) is 0.936. The molecule has 2 aromatic carbocycles. The Morgan fingerprint density at radius 2 is 1.95 bits per heavy atom. The number of carbonyl (C=O) groups excluding carboxylic acids is 1. The van der Waals surface area contributed by atoms with Crippen molar-refractivity contribution in [2.75, 3.05) is 19.8 Å². The van der Waals surface area contributed by atoms with Crippen LogP contribution in [0.3, 0.4) is 0 Å². The first-order valence-electron chi connectivity index (χ1n) is 7.23. The van der Waals surface area contributed by atoms with E-state index in [0.29, 0.717) is 13.2 Å². The van der Waals surface area contributed by atoms with Crippen molar-refractivity contribution in [1.29, 1.82) is 0 Å². The summed E-state index contributed by atoms with van der Waals surface area (Å²) in [5, 5.41) is 11.4. The van der Waals surface area contributed by atoms with Crippen molar-refractivity contribution in [1.82, 2.24) is 4.90 Å². The minimum absolute atomic E-state index is 0.0544. The van der Waals surface area contributed by atoms with Crippen LogP contribution in [0.1, 0.15) is 5.56 Å². The second-order valence-corrected chi connectivity index (χ2v) is 5.37. The zero-order valence-corrected chi connectivity index (χ0v) is 12.1. The SMILES string of the molecule is O=C(O)C1COCCN1C(=O)Cc1ccc2ccccc2c1. The molecule has 0 radical (unpaired) electrons. The van der Waals surface area contributed by atoms with E-state index in [0.717, 1.165) is 16.3 Å². The molecule has 3 rings (SSSR count). The standard InChI is InChI=1S/C17H17NO4/c19-16(18-7-8-22-11-15(18)17(20)21)10-12-5-6-13-3-1-2-4-14(13)9-12/h1-6,9,15H,7-8,10-11H2,(H,20,21). The van der Waals surface area contributed by atoms with Crippen LogP contribution >= 0.6 is 0 Å². The molecule has 1 amide bonds. The molecule has 1 aliphatic heterocycles. The van der Waals surface area contributed by atoms with Crippen LogP contribution in [0.15, 0.2) is 42.5 Å². The Morgan fingerprint density at radius 1 is 1.18 bits per heavy atom. The van der Waals surface area contributed by atoms with Crippen LogP contribution < -0.4 is 0 Å². The van der Waals surface area contributed by atoms with E-state index < -0.39 is 12.0 Å². The van der Waals surface area contributed by atoms with Crippen molar-refractivity contribution in [3.05, 3.63) is 48.0 Å². The van der Waals surface area contributed by atoms with Crippen molar-refractivity contribution in [2.45, 2.75) is 12.5 Å². The Bertz CT molecular complexity index is 713. The molecule has 0 bridgehead atoms. The molecule has 22 heavy (non-hydrogen) atoms. The van der Waals surface area contributed by atoms with E-state index in [2.05, 4.69) is 0 Å². The number of hydrogen-bond donors (Lipinski definition) is 1. The number of fused-ring (bicyclic) bond motifs is 1. The minimum Gasteiger partial charge on any atom is -0.480 e. The number of amides is 1. The van der Waals surface area contributed by atoms with Gasteiger partial charge in [0.25, 0.3) is 0 Å². The number of hydrogen-bond acceptors (Lipinski definition) is 3. The average molecular weight is 299 g/mol. The number of nitrogens with zero attached hydrogens (tertiary/aromatic N) is 1. The maximum absolute atomic E-state index is 12.4. The summed E-state index contributed by atoms with van der Waals surface area (Å²) in [7, 11) is 0. The van der Waals surface area contributed by atoms with Gasteiger partial charge in [0.1, 0.15) is 0 Å². The van der Waals surface area contributed by atoms with E-state index in [1.807, 2.05) is 42.5 Å². The number of benzene rings is 2. The summed E-state index contributed by atoms with van der Waals surface area (Å²) < 4.78 is 5.16. The molecule has 1 unspecified atom stereocenters. The molecular weight excluding hydrogens is 282 g/mol. The van der Waals surface area contributed by atoms with Crippen molar-refractivity contribution >= 4 is 22.6 Å². The van der Waals surface area contributed by atoms with Crippen LogP contribution in [0.5, 0.6) is 0 Å². The van der Waals surface area contributed by atoms with Gasteiger partial charge in [0.2, 0.25) is 5.91 Å². The molecule has 1 saturated heterocycles. The van der Waals surface area contributed by atoms with Gasteiger partial charge >= 0.3 is 5.97 Å². The zero-order valence-electron chi connectivity index (χ0n) is 12.1. The third-order valence-corrected chi connectivity index (χ3v) is 3.90. The number of rotatable bonds is 3. The predicted octanol–water partition coefficient (Wildman–Crippen LogP) is 1.69. The molecule has 1 N–H and O–H groups in total. The first-order chi connectivity index (χ1) is 10.6. The van der Waals surface area contributed by atoms with Gasteiger partial charge in [-0.15, -0.1) is 0 Å². The van der Waals surface area contributed by atoms with Crippen molar-refractivity contribution in [3.8, 4) is 0 Å². The largest absolute Gasteiger partial charge is 0.480 e. The molecule has 1 atom stereocenters. The summed E-state index contributed by atoms with van der Waals surface area (Å²) in [5.41, 5.74) is 0.888. The van der Waals surface area contributed by atoms with Gasteiger partial charge in [-0.1, -0.05) is 42.5 Å². The fraction of sp³-hybridized carbons (Fsp3) is 0.294. The van der Waals surface area contributed by atoms with Gasteiger partial charge in [-0.25, -0.2) is 4.79 Å². The maximum Gasteiger partial charge on any atom is 0.328 e. The van der Waals surface area contributed by atoms with E-state index in [9.17, 15) is 14.7 Å². The van der Waals surface area contributed by atoms with Gasteiger partial charge in [-0.2, -0.15) is 0 Å². The van der Waals surface area contributed by atoms with Crippen molar-refractivity contribution in [3.63, 3.8) is 0 Å². The number of carbonyl (C=O) groups is 2. The van der Waals surface area contributed by atoms with Gasteiger partial charge in [-0.05, 0) is 16.3 Å². The van der Waals surface area contributed by atoms with Crippen molar-refractivity contribution in [2.24, 2.45) is 0 Å². The fourth-order valence-corrected chi connectivity index (χ4v) is 2.73. The monoisotopic (exact) mass is 299 g/mol. The molecule has 0 aliphatic carbocycles. The Balaban J connectivity index is 1.78.